The Balaban J connectivity index is 0. The van der Waals surface area contributed by atoms with Crippen LogP contribution < -0.4 is 5.73 Å². The lowest BCUT2D eigenvalue weighted by molar-refractivity contribution is -0.497. The van der Waals surface area contributed by atoms with Gasteiger partial charge in [-0.2, -0.15) is 0 Å². The van der Waals surface area contributed by atoms with Gasteiger partial charge in [0.25, 0.3) is 0 Å². The number of halogens is 4. The topological polar surface area (TPSA) is 27.6 Å². The lowest BCUT2D eigenvalue weighted by Crippen LogP contribution is -2.75. The standard InChI is InChI=1S/C13H29N.BF4/c1-5-9-12(8-4)13(14,10-6-2)11-7-3;2-1(3,4)5/h12H,5-11,14H2,1-4H3;/q;-1/p+1. The zero-order valence-electron chi connectivity index (χ0n) is 12.8. The van der Waals surface area contributed by atoms with Crippen LogP contribution in [0.25, 0.3) is 0 Å². The van der Waals surface area contributed by atoms with Gasteiger partial charge in [0.05, 0.1) is 5.54 Å². The number of hydrogen-bond donors (Lipinski definition) is 1. The van der Waals surface area contributed by atoms with Gasteiger partial charge in [-0.3, -0.25) is 0 Å². The van der Waals surface area contributed by atoms with E-state index >= 15 is 0 Å². The highest BCUT2D eigenvalue weighted by Gasteiger charge is 2.35. The Morgan fingerprint density at radius 2 is 1.26 bits per heavy atom. The fourth-order valence-electron chi connectivity index (χ4n) is 2.82. The fraction of sp³-hybridized carbons (Fsp3) is 1.00. The highest BCUT2D eigenvalue weighted by molar-refractivity contribution is 6.50. The summed E-state index contributed by atoms with van der Waals surface area (Å²) >= 11 is 0. The maximum absolute atomic E-state index is 9.75. The molecule has 0 aliphatic rings. The molecule has 0 fully saturated rings. The van der Waals surface area contributed by atoms with Crippen LogP contribution in [0.1, 0.15) is 72.6 Å². The Hall–Kier alpha value is -0.255. The van der Waals surface area contributed by atoms with Gasteiger partial charge in [0.1, 0.15) is 0 Å². The lowest BCUT2D eigenvalue weighted by atomic mass is 9.74. The van der Waals surface area contributed by atoms with E-state index in [-0.39, 0.29) is 0 Å². The van der Waals surface area contributed by atoms with Gasteiger partial charge in [-0.15, -0.1) is 0 Å². The van der Waals surface area contributed by atoms with Crippen LogP contribution in [-0.2, 0) is 0 Å². The zero-order chi connectivity index (χ0) is 15.5. The van der Waals surface area contributed by atoms with E-state index in [9.17, 15) is 17.3 Å². The van der Waals surface area contributed by atoms with Crippen LogP contribution in [0, 0.1) is 5.92 Å². The van der Waals surface area contributed by atoms with Gasteiger partial charge in [0, 0.05) is 18.8 Å². The zero-order valence-corrected chi connectivity index (χ0v) is 12.8. The lowest BCUT2D eigenvalue weighted by Gasteiger charge is -2.33. The van der Waals surface area contributed by atoms with E-state index in [0.717, 1.165) is 5.92 Å². The molecule has 3 N–H and O–H groups in total. The van der Waals surface area contributed by atoms with Gasteiger partial charge in [-0.05, 0) is 12.8 Å². The summed E-state index contributed by atoms with van der Waals surface area (Å²) in [4.78, 5) is 0. The second-order valence-electron chi connectivity index (χ2n) is 5.25. The van der Waals surface area contributed by atoms with Crippen LogP contribution in [-0.4, -0.2) is 12.8 Å². The summed E-state index contributed by atoms with van der Waals surface area (Å²) in [5, 5.41) is 0. The molecule has 1 nitrogen and oxygen atoms in total. The molecular weight excluding hydrogens is 257 g/mol. The maximum atomic E-state index is 9.75. The number of rotatable bonds is 8. The normalized spacial score (nSPS) is 13.7. The molecule has 0 heterocycles. The maximum Gasteiger partial charge on any atom is 0.673 e. The first-order valence-corrected chi connectivity index (χ1v) is 7.37. The van der Waals surface area contributed by atoms with E-state index in [4.69, 9.17) is 0 Å². The molecule has 0 rings (SSSR count). The molecule has 0 aromatic heterocycles. The van der Waals surface area contributed by atoms with Crippen molar-refractivity contribution in [3.8, 4) is 0 Å². The molecule has 1 atom stereocenters. The van der Waals surface area contributed by atoms with Crippen molar-refractivity contribution in [1.82, 2.24) is 0 Å². The predicted octanol–water partition coefficient (Wildman–Crippen LogP) is 4.69. The second-order valence-corrected chi connectivity index (χ2v) is 5.25. The summed E-state index contributed by atoms with van der Waals surface area (Å²) in [5.41, 5.74) is 4.91. The van der Waals surface area contributed by atoms with E-state index in [0.29, 0.717) is 5.54 Å². The first kappa shape index (κ1) is 21.1. The summed E-state index contributed by atoms with van der Waals surface area (Å²) in [5.74, 6) is 0.840. The Bertz CT molecular complexity index is 197. The van der Waals surface area contributed by atoms with E-state index in [1.165, 1.54) is 44.9 Å². The van der Waals surface area contributed by atoms with E-state index in [2.05, 4.69) is 33.4 Å². The van der Waals surface area contributed by atoms with Gasteiger partial charge >= 0.3 is 7.25 Å². The van der Waals surface area contributed by atoms with Crippen LogP contribution in [0.15, 0.2) is 0 Å². The molecule has 0 bridgehead atoms. The van der Waals surface area contributed by atoms with Crippen molar-refractivity contribution in [3.05, 3.63) is 0 Å². The van der Waals surface area contributed by atoms with Gasteiger partial charge < -0.3 is 23.0 Å². The highest BCUT2D eigenvalue weighted by Crippen LogP contribution is 2.29. The van der Waals surface area contributed by atoms with Crippen molar-refractivity contribution in [2.75, 3.05) is 0 Å². The van der Waals surface area contributed by atoms with E-state index < -0.39 is 7.25 Å². The Morgan fingerprint density at radius 3 is 1.47 bits per heavy atom. The highest BCUT2D eigenvalue weighted by atomic mass is 19.5. The van der Waals surface area contributed by atoms with Crippen molar-refractivity contribution in [1.29, 1.82) is 0 Å². The molecule has 1 unspecified atom stereocenters. The Morgan fingerprint density at radius 1 is 0.895 bits per heavy atom. The first-order valence-electron chi connectivity index (χ1n) is 7.37. The largest absolute Gasteiger partial charge is 0.673 e. The minimum atomic E-state index is -6.00. The number of quaternary nitrogens is 1. The van der Waals surface area contributed by atoms with Crippen LogP contribution in [0.2, 0.25) is 0 Å². The molecule has 0 aromatic carbocycles. The van der Waals surface area contributed by atoms with Gasteiger partial charge in [0.2, 0.25) is 0 Å². The van der Waals surface area contributed by atoms with Crippen LogP contribution in [0.4, 0.5) is 17.3 Å². The monoisotopic (exact) mass is 287 g/mol. The third kappa shape index (κ3) is 12.5. The first-order chi connectivity index (χ1) is 8.64. The van der Waals surface area contributed by atoms with E-state index in [1.54, 1.807) is 0 Å². The minimum Gasteiger partial charge on any atom is -0.418 e. The minimum absolute atomic E-state index is 0.369. The predicted molar refractivity (Wildman–Crippen MR) is 74.3 cm³/mol. The number of hydrogen-bond acceptors (Lipinski definition) is 0. The van der Waals surface area contributed by atoms with Crippen molar-refractivity contribution >= 4 is 7.25 Å². The summed E-state index contributed by atoms with van der Waals surface area (Å²) < 4.78 is 39.0. The molecule has 0 saturated carbocycles. The molecule has 0 radical (unpaired) electrons. The summed E-state index contributed by atoms with van der Waals surface area (Å²) in [6.45, 7) is 9.19. The van der Waals surface area contributed by atoms with Crippen molar-refractivity contribution in [2.45, 2.75) is 78.2 Å². The van der Waals surface area contributed by atoms with Gasteiger partial charge in [-0.1, -0.05) is 47.0 Å². The summed E-state index contributed by atoms with van der Waals surface area (Å²) in [6, 6.07) is 0. The molecule has 118 valence electrons. The van der Waals surface area contributed by atoms with Crippen LogP contribution in [0.5, 0.6) is 0 Å². The third-order valence-corrected chi connectivity index (χ3v) is 3.49. The quantitative estimate of drug-likeness (QED) is 0.495. The van der Waals surface area contributed by atoms with Crippen molar-refractivity contribution in [2.24, 2.45) is 5.92 Å². The Kier molecular flexibility index (Phi) is 11.7. The molecule has 0 spiro atoms. The molecule has 6 heteroatoms. The Labute approximate surface area is 115 Å². The molecular formula is C13H30BF4N. The van der Waals surface area contributed by atoms with E-state index in [1.807, 2.05) is 0 Å². The molecule has 0 aliphatic carbocycles. The third-order valence-electron chi connectivity index (χ3n) is 3.49. The smallest absolute Gasteiger partial charge is 0.418 e. The van der Waals surface area contributed by atoms with Crippen molar-refractivity contribution in [3.63, 3.8) is 0 Å². The molecule has 0 aliphatic heterocycles. The molecule has 0 saturated heterocycles. The van der Waals surface area contributed by atoms with Crippen LogP contribution in [0.3, 0.4) is 0 Å². The fourth-order valence-corrected chi connectivity index (χ4v) is 2.82. The molecule has 0 amide bonds. The summed E-state index contributed by atoms with van der Waals surface area (Å²) in [7, 11) is -6.00. The average molecular weight is 287 g/mol. The SMILES string of the molecule is CCCC(CC)C([NH3+])(CCC)CCC.F[B-](F)(F)F. The molecule has 0 aromatic rings. The average Bonchev–Trinajstić information content (AvgIpc) is 2.24. The van der Waals surface area contributed by atoms with Crippen LogP contribution >= 0.6 is 0 Å². The second kappa shape index (κ2) is 10.5. The summed E-state index contributed by atoms with van der Waals surface area (Å²) in [6.07, 6.45) is 9.15. The van der Waals surface area contributed by atoms with Crippen molar-refractivity contribution < 1.29 is 23.0 Å². The van der Waals surface area contributed by atoms with Gasteiger partial charge in [0.15, 0.2) is 0 Å². The molecule has 19 heavy (non-hydrogen) atoms. The van der Waals surface area contributed by atoms with Gasteiger partial charge in [-0.25, -0.2) is 0 Å².